The van der Waals surface area contributed by atoms with E-state index in [-0.39, 0.29) is 10.7 Å². The zero-order valence-electron chi connectivity index (χ0n) is 15.9. The first-order valence-electron chi connectivity index (χ1n) is 8.50. The van der Waals surface area contributed by atoms with Crippen molar-refractivity contribution in [2.45, 2.75) is 76.8 Å². The second kappa shape index (κ2) is 6.91. The number of nitrogens with one attached hydrogen (secondary N) is 1. The van der Waals surface area contributed by atoms with Crippen molar-refractivity contribution in [1.82, 2.24) is 4.72 Å². The molecule has 0 aliphatic carbocycles. The van der Waals surface area contributed by atoms with Crippen LogP contribution in [0.3, 0.4) is 0 Å². The highest BCUT2D eigenvalue weighted by molar-refractivity contribution is 7.84. The summed E-state index contributed by atoms with van der Waals surface area (Å²) < 4.78 is 27.9. The van der Waals surface area contributed by atoms with Crippen LogP contribution in [0.1, 0.15) is 54.0 Å². The Morgan fingerprint density at radius 1 is 1.08 bits per heavy atom. The quantitative estimate of drug-likeness (QED) is 0.829. The van der Waals surface area contributed by atoms with Gasteiger partial charge in [0, 0.05) is 0 Å². The third-order valence-electron chi connectivity index (χ3n) is 4.71. The Hall–Kier alpha value is -0.685. The van der Waals surface area contributed by atoms with E-state index >= 15 is 0 Å². The van der Waals surface area contributed by atoms with Gasteiger partial charge in [-0.05, 0) is 60.5 Å². The van der Waals surface area contributed by atoms with Gasteiger partial charge in [0.2, 0.25) is 0 Å². The molecular formula is C18H30BNO3S. The first-order chi connectivity index (χ1) is 10.9. The molecular weight excluding hydrogens is 321 g/mol. The third kappa shape index (κ3) is 4.48. The summed E-state index contributed by atoms with van der Waals surface area (Å²) in [5.41, 5.74) is 0.352. The molecule has 1 aliphatic rings. The summed E-state index contributed by atoms with van der Waals surface area (Å²) in [7, 11) is -1.64. The number of benzene rings is 1. The Morgan fingerprint density at radius 3 is 2.04 bits per heavy atom. The van der Waals surface area contributed by atoms with Crippen LogP contribution in [0.5, 0.6) is 0 Å². The Balaban J connectivity index is 2.22. The van der Waals surface area contributed by atoms with Crippen molar-refractivity contribution in [3.8, 4) is 0 Å². The highest BCUT2D eigenvalue weighted by Crippen LogP contribution is 2.38. The lowest BCUT2D eigenvalue weighted by Gasteiger charge is -2.32. The Bertz CT molecular complexity index is 568. The van der Waals surface area contributed by atoms with Gasteiger partial charge in [-0.2, -0.15) is 0 Å². The van der Waals surface area contributed by atoms with E-state index in [1.807, 2.05) is 66.7 Å². The first kappa shape index (κ1) is 19.6. The molecule has 2 atom stereocenters. The second-order valence-corrected chi connectivity index (χ2v) is 10.4. The number of hydrogen-bond donors (Lipinski definition) is 1. The lowest BCUT2D eigenvalue weighted by atomic mass is 9.75. The summed E-state index contributed by atoms with van der Waals surface area (Å²) in [6, 6.07) is 10.2. The fourth-order valence-corrected chi connectivity index (χ4v) is 3.25. The van der Waals surface area contributed by atoms with Crippen LogP contribution in [-0.4, -0.2) is 33.2 Å². The lowest BCUT2D eigenvalue weighted by molar-refractivity contribution is 0.00578. The summed E-state index contributed by atoms with van der Waals surface area (Å²) in [6.07, 6.45) is 0.694. The molecule has 0 radical (unpaired) electrons. The minimum Gasteiger partial charge on any atom is -0.402 e. The molecule has 134 valence electrons. The summed E-state index contributed by atoms with van der Waals surface area (Å²) in [6.45, 7) is 14.0. The molecule has 1 aromatic carbocycles. The van der Waals surface area contributed by atoms with Crippen LogP contribution >= 0.6 is 0 Å². The van der Waals surface area contributed by atoms with Crippen LogP contribution in [0.4, 0.5) is 0 Å². The zero-order chi connectivity index (χ0) is 18.2. The predicted molar refractivity (Wildman–Crippen MR) is 101 cm³/mol. The zero-order valence-corrected chi connectivity index (χ0v) is 16.7. The maximum atomic E-state index is 12.6. The smallest absolute Gasteiger partial charge is 0.402 e. The molecule has 1 unspecified atom stereocenters. The molecule has 24 heavy (non-hydrogen) atoms. The molecule has 1 aromatic rings. The van der Waals surface area contributed by atoms with Gasteiger partial charge in [0.05, 0.1) is 32.9 Å². The van der Waals surface area contributed by atoms with E-state index in [1.165, 1.54) is 0 Å². The lowest BCUT2D eigenvalue weighted by Crippen LogP contribution is -2.50. The second-order valence-electron chi connectivity index (χ2n) is 8.42. The number of rotatable bonds is 5. The van der Waals surface area contributed by atoms with Crippen molar-refractivity contribution in [1.29, 1.82) is 0 Å². The van der Waals surface area contributed by atoms with Gasteiger partial charge in [0.25, 0.3) is 0 Å². The average molecular weight is 351 g/mol. The highest BCUT2D eigenvalue weighted by Gasteiger charge is 2.54. The topological polar surface area (TPSA) is 47.6 Å². The van der Waals surface area contributed by atoms with Crippen LogP contribution in [0.15, 0.2) is 30.3 Å². The van der Waals surface area contributed by atoms with E-state index in [1.54, 1.807) is 0 Å². The van der Waals surface area contributed by atoms with Crippen molar-refractivity contribution in [3.63, 3.8) is 0 Å². The Morgan fingerprint density at radius 2 is 1.58 bits per heavy atom. The molecule has 1 N–H and O–H groups in total. The maximum Gasteiger partial charge on any atom is 0.477 e. The average Bonchev–Trinajstić information content (AvgIpc) is 2.66. The van der Waals surface area contributed by atoms with E-state index in [0.717, 1.165) is 5.56 Å². The molecule has 1 aliphatic heterocycles. The first-order valence-corrected chi connectivity index (χ1v) is 9.65. The van der Waals surface area contributed by atoms with Gasteiger partial charge in [-0.3, -0.25) is 0 Å². The fourth-order valence-electron chi connectivity index (χ4n) is 2.43. The molecule has 0 spiro atoms. The van der Waals surface area contributed by atoms with Crippen LogP contribution < -0.4 is 4.72 Å². The maximum absolute atomic E-state index is 12.6. The largest absolute Gasteiger partial charge is 0.477 e. The van der Waals surface area contributed by atoms with E-state index < -0.39 is 29.3 Å². The van der Waals surface area contributed by atoms with Gasteiger partial charge in [0.15, 0.2) is 0 Å². The molecule has 0 saturated carbocycles. The SMILES string of the molecule is CC(C)(C)S(=O)N[C@@H](Cc1ccccc1)B1OC(C)(C)C(C)(C)O1. The highest BCUT2D eigenvalue weighted by atomic mass is 32.2. The van der Waals surface area contributed by atoms with Crippen molar-refractivity contribution >= 4 is 18.1 Å². The van der Waals surface area contributed by atoms with Crippen molar-refractivity contribution in [2.24, 2.45) is 0 Å². The summed E-state index contributed by atoms with van der Waals surface area (Å²) >= 11 is 0. The Kier molecular flexibility index (Phi) is 5.65. The molecule has 4 nitrogen and oxygen atoms in total. The van der Waals surface area contributed by atoms with Crippen LogP contribution in [0.2, 0.25) is 0 Å². The summed E-state index contributed by atoms with van der Waals surface area (Å²) in [4.78, 5) is 0. The normalized spacial score (nSPS) is 22.4. The van der Waals surface area contributed by atoms with Gasteiger partial charge >= 0.3 is 7.12 Å². The molecule has 6 heteroatoms. The summed E-state index contributed by atoms with van der Waals surface area (Å²) in [5, 5.41) is 0. The molecule has 1 fully saturated rings. The molecule has 1 saturated heterocycles. The van der Waals surface area contributed by atoms with Gasteiger partial charge in [-0.25, -0.2) is 8.93 Å². The van der Waals surface area contributed by atoms with Crippen molar-refractivity contribution in [3.05, 3.63) is 35.9 Å². The van der Waals surface area contributed by atoms with Gasteiger partial charge in [-0.1, -0.05) is 30.3 Å². The van der Waals surface area contributed by atoms with Crippen LogP contribution in [0.25, 0.3) is 0 Å². The number of hydrogen-bond acceptors (Lipinski definition) is 3. The van der Waals surface area contributed by atoms with Gasteiger partial charge < -0.3 is 9.31 Å². The fraction of sp³-hybridized carbons (Fsp3) is 0.667. The van der Waals surface area contributed by atoms with Crippen LogP contribution in [-0.2, 0) is 26.7 Å². The molecule has 1 heterocycles. The minimum absolute atomic E-state index is 0.187. The van der Waals surface area contributed by atoms with E-state index in [2.05, 4.69) is 16.9 Å². The van der Waals surface area contributed by atoms with Gasteiger partial charge in [0.1, 0.15) is 0 Å². The monoisotopic (exact) mass is 351 g/mol. The van der Waals surface area contributed by atoms with Gasteiger partial charge in [-0.15, -0.1) is 0 Å². The molecule has 0 aromatic heterocycles. The van der Waals surface area contributed by atoms with E-state index in [0.29, 0.717) is 6.42 Å². The third-order valence-corrected chi connectivity index (χ3v) is 6.34. The van der Waals surface area contributed by atoms with Crippen LogP contribution in [0, 0.1) is 0 Å². The van der Waals surface area contributed by atoms with Crippen molar-refractivity contribution < 1.29 is 13.5 Å². The summed E-state index contributed by atoms with van der Waals surface area (Å²) in [5.74, 6) is -0.187. The Labute approximate surface area is 149 Å². The predicted octanol–water partition coefficient (Wildman–Crippen LogP) is 3.28. The molecule has 2 rings (SSSR count). The minimum atomic E-state index is -1.20. The molecule has 0 amide bonds. The van der Waals surface area contributed by atoms with E-state index in [9.17, 15) is 4.21 Å². The molecule has 0 bridgehead atoms. The van der Waals surface area contributed by atoms with E-state index in [4.69, 9.17) is 9.31 Å². The standard InChI is InChI=1S/C18H30BNO3S/c1-16(2,3)24(21)20-15(13-14-11-9-8-10-12-14)19-22-17(4,5)18(6,7)23-19/h8-12,15,20H,13H2,1-7H3/t15-,24?/m0/s1. The van der Waals surface area contributed by atoms with Crippen molar-refractivity contribution in [2.75, 3.05) is 0 Å².